The summed E-state index contributed by atoms with van der Waals surface area (Å²) in [6.07, 6.45) is 10.2. The van der Waals surface area contributed by atoms with Crippen molar-refractivity contribution < 1.29 is 4.42 Å². The molecular weight excluding hydrogens is 250 g/mol. The molecule has 3 heteroatoms. The standard InChI is InChI=1S/C17H25NO2/c1-2-3-4-5-6-7-8-11-14-18-15-12-9-10-13-16(15)20-17(18)19/h9-10,12-13H,2-8,11,14H2,1H3. The van der Waals surface area contributed by atoms with Gasteiger partial charge in [0.15, 0.2) is 5.58 Å². The van der Waals surface area contributed by atoms with E-state index >= 15 is 0 Å². The van der Waals surface area contributed by atoms with Crippen LogP contribution in [0.1, 0.15) is 58.3 Å². The molecule has 110 valence electrons. The van der Waals surface area contributed by atoms with E-state index in [0.717, 1.165) is 18.5 Å². The smallest absolute Gasteiger partial charge is 0.408 e. The molecule has 2 aromatic rings. The second-order valence-corrected chi connectivity index (χ2v) is 5.46. The molecule has 0 N–H and O–H groups in total. The van der Waals surface area contributed by atoms with Crippen LogP contribution in [0.4, 0.5) is 0 Å². The summed E-state index contributed by atoms with van der Waals surface area (Å²) in [6, 6.07) is 7.64. The molecule has 1 heterocycles. The fourth-order valence-corrected chi connectivity index (χ4v) is 2.63. The van der Waals surface area contributed by atoms with Gasteiger partial charge in [0.2, 0.25) is 0 Å². The van der Waals surface area contributed by atoms with E-state index in [2.05, 4.69) is 6.92 Å². The van der Waals surface area contributed by atoms with E-state index in [1.54, 1.807) is 4.57 Å². The number of rotatable bonds is 9. The second-order valence-electron chi connectivity index (χ2n) is 5.46. The summed E-state index contributed by atoms with van der Waals surface area (Å²) < 4.78 is 6.99. The van der Waals surface area contributed by atoms with Crippen LogP contribution in [0.2, 0.25) is 0 Å². The molecule has 0 unspecified atom stereocenters. The third-order valence-electron chi connectivity index (χ3n) is 3.81. The SMILES string of the molecule is CCCCCCCCCCn1c(=O)oc2ccccc21. The fourth-order valence-electron chi connectivity index (χ4n) is 2.63. The van der Waals surface area contributed by atoms with Crippen LogP contribution in [-0.4, -0.2) is 4.57 Å². The lowest BCUT2D eigenvalue weighted by molar-refractivity contribution is 0.484. The average Bonchev–Trinajstić information content (AvgIpc) is 2.78. The Bertz CT molecular complexity index is 568. The van der Waals surface area contributed by atoms with Gasteiger partial charge in [0.05, 0.1) is 5.52 Å². The summed E-state index contributed by atoms with van der Waals surface area (Å²) in [4.78, 5) is 11.8. The lowest BCUT2D eigenvalue weighted by atomic mass is 10.1. The Morgan fingerprint density at radius 2 is 1.60 bits per heavy atom. The summed E-state index contributed by atoms with van der Waals surface area (Å²) in [7, 11) is 0. The van der Waals surface area contributed by atoms with Gasteiger partial charge in [-0.2, -0.15) is 0 Å². The van der Waals surface area contributed by atoms with Crippen molar-refractivity contribution in [1.82, 2.24) is 4.57 Å². The Hall–Kier alpha value is -1.51. The van der Waals surface area contributed by atoms with Gasteiger partial charge in [-0.25, -0.2) is 4.79 Å². The number of nitrogens with zero attached hydrogens (tertiary/aromatic N) is 1. The van der Waals surface area contributed by atoms with Crippen LogP contribution in [-0.2, 0) is 6.54 Å². The molecule has 0 radical (unpaired) electrons. The molecular formula is C17H25NO2. The first-order chi connectivity index (χ1) is 9.83. The highest BCUT2D eigenvalue weighted by atomic mass is 16.4. The van der Waals surface area contributed by atoms with E-state index in [-0.39, 0.29) is 5.76 Å². The van der Waals surface area contributed by atoms with Gasteiger partial charge in [0.25, 0.3) is 0 Å². The van der Waals surface area contributed by atoms with Crippen LogP contribution in [0.5, 0.6) is 0 Å². The van der Waals surface area contributed by atoms with Crippen molar-refractivity contribution in [3.8, 4) is 0 Å². The van der Waals surface area contributed by atoms with Gasteiger partial charge >= 0.3 is 5.76 Å². The highest BCUT2D eigenvalue weighted by Crippen LogP contribution is 2.13. The maximum Gasteiger partial charge on any atom is 0.419 e. The monoisotopic (exact) mass is 275 g/mol. The Kier molecular flexibility index (Phi) is 5.90. The Morgan fingerprint density at radius 3 is 2.35 bits per heavy atom. The molecule has 0 atom stereocenters. The normalized spacial score (nSPS) is 11.2. The van der Waals surface area contributed by atoms with Crippen molar-refractivity contribution in [3.63, 3.8) is 0 Å². The van der Waals surface area contributed by atoms with Crippen LogP contribution in [0.3, 0.4) is 0 Å². The summed E-state index contributed by atoms with van der Waals surface area (Å²) in [6.45, 7) is 3.01. The van der Waals surface area contributed by atoms with Crippen molar-refractivity contribution in [1.29, 1.82) is 0 Å². The number of hydrogen-bond donors (Lipinski definition) is 0. The highest BCUT2D eigenvalue weighted by molar-refractivity contribution is 5.72. The summed E-state index contributed by atoms with van der Waals surface area (Å²) in [5.74, 6) is -0.228. The largest absolute Gasteiger partial charge is 0.419 e. The van der Waals surface area contributed by atoms with E-state index < -0.39 is 0 Å². The van der Waals surface area contributed by atoms with E-state index in [9.17, 15) is 4.79 Å². The van der Waals surface area contributed by atoms with Crippen LogP contribution in [0.25, 0.3) is 11.1 Å². The molecule has 20 heavy (non-hydrogen) atoms. The summed E-state index contributed by atoms with van der Waals surface area (Å²) >= 11 is 0. The van der Waals surface area contributed by atoms with E-state index in [0.29, 0.717) is 5.58 Å². The molecule has 0 fully saturated rings. The van der Waals surface area contributed by atoms with Gasteiger partial charge in [0.1, 0.15) is 0 Å². The third-order valence-corrected chi connectivity index (χ3v) is 3.81. The van der Waals surface area contributed by atoms with E-state index in [4.69, 9.17) is 4.42 Å². The molecule has 3 nitrogen and oxygen atoms in total. The predicted octanol–water partition coefficient (Wildman–Crippen LogP) is 4.74. The molecule has 0 amide bonds. The molecule has 0 saturated heterocycles. The molecule has 0 bridgehead atoms. The number of fused-ring (bicyclic) bond motifs is 1. The predicted molar refractivity (Wildman–Crippen MR) is 83.1 cm³/mol. The number of para-hydroxylation sites is 2. The van der Waals surface area contributed by atoms with Gasteiger partial charge in [-0.1, -0.05) is 64.0 Å². The highest BCUT2D eigenvalue weighted by Gasteiger charge is 2.07. The Labute approximate surface area is 120 Å². The van der Waals surface area contributed by atoms with E-state index in [1.165, 1.54) is 44.9 Å². The number of aryl methyl sites for hydroxylation is 1. The van der Waals surface area contributed by atoms with Crippen LogP contribution < -0.4 is 5.76 Å². The van der Waals surface area contributed by atoms with Gasteiger partial charge in [-0.15, -0.1) is 0 Å². The van der Waals surface area contributed by atoms with Crippen LogP contribution in [0, 0.1) is 0 Å². The summed E-state index contributed by atoms with van der Waals surface area (Å²) in [5, 5.41) is 0. The quantitative estimate of drug-likeness (QED) is 0.620. The third kappa shape index (κ3) is 3.99. The molecule has 0 aliphatic heterocycles. The first kappa shape index (κ1) is 14.9. The van der Waals surface area contributed by atoms with Crippen molar-refractivity contribution in [2.45, 2.75) is 64.8 Å². The first-order valence-corrected chi connectivity index (χ1v) is 7.91. The van der Waals surface area contributed by atoms with E-state index in [1.807, 2.05) is 24.3 Å². The molecule has 0 aliphatic carbocycles. The maximum atomic E-state index is 11.8. The lowest BCUT2D eigenvalue weighted by Crippen LogP contribution is -2.14. The van der Waals surface area contributed by atoms with Gasteiger partial charge in [0, 0.05) is 6.54 Å². The van der Waals surface area contributed by atoms with Crippen molar-refractivity contribution >= 4 is 11.1 Å². The number of hydrogen-bond acceptors (Lipinski definition) is 2. The summed E-state index contributed by atoms with van der Waals surface area (Å²) in [5.41, 5.74) is 1.61. The molecule has 2 rings (SSSR count). The minimum Gasteiger partial charge on any atom is -0.408 e. The second kappa shape index (κ2) is 7.93. The molecule has 0 aliphatic rings. The maximum absolute atomic E-state index is 11.8. The average molecular weight is 275 g/mol. The number of benzene rings is 1. The topological polar surface area (TPSA) is 35.1 Å². The zero-order chi connectivity index (χ0) is 14.2. The fraction of sp³-hybridized carbons (Fsp3) is 0.588. The van der Waals surface area contributed by atoms with Gasteiger partial charge in [-0.3, -0.25) is 4.57 Å². The van der Waals surface area contributed by atoms with Gasteiger partial charge < -0.3 is 4.42 Å². The zero-order valence-electron chi connectivity index (χ0n) is 12.4. The first-order valence-electron chi connectivity index (χ1n) is 7.91. The van der Waals surface area contributed by atoms with Crippen molar-refractivity contribution in [3.05, 3.63) is 34.8 Å². The number of oxazole rings is 1. The van der Waals surface area contributed by atoms with Crippen molar-refractivity contribution in [2.24, 2.45) is 0 Å². The molecule has 1 aromatic heterocycles. The van der Waals surface area contributed by atoms with Crippen LogP contribution in [0.15, 0.2) is 33.5 Å². The minimum absolute atomic E-state index is 0.228. The Morgan fingerprint density at radius 1 is 0.950 bits per heavy atom. The molecule has 0 saturated carbocycles. The number of unbranched alkanes of at least 4 members (excludes halogenated alkanes) is 7. The van der Waals surface area contributed by atoms with Crippen LogP contribution >= 0.6 is 0 Å². The molecule has 0 spiro atoms. The zero-order valence-corrected chi connectivity index (χ0v) is 12.4. The Balaban J connectivity index is 1.73. The molecule has 1 aromatic carbocycles. The van der Waals surface area contributed by atoms with Crippen molar-refractivity contribution in [2.75, 3.05) is 0 Å². The lowest BCUT2D eigenvalue weighted by Gasteiger charge is -2.03. The minimum atomic E-state index is -0.228. The van der Waals surface area contributed by atoms with Gasteiger partial charge in [-0.05, 0) is 18.6 Å². The number of aromatic nitrogens is 1.